The van der Waals surface area contributed by atoms with Crippen LogP contribution in [0.4, 0.5) is 61.5 Å². The molecular weight excluding hydrogens is 1780 g/mol. The van der Waals surface area contributed by atoms with Crippen LogP contribution in [0.15, 0.2) is 127 Å². The van der Waals surface area contributed by atoms with Gasteiger partial charge >= 0.3 is 0 Å². The summed E-state index contributed by atoms with van der Waals surface area (Å²) < 4.78 is 182. The van der Waals surface area contributed by atoms with Crippen molar-refractivity contribution < 1.29 is 61.5 Å². The van der Waals surface area contributed by atoms with Crippen LogP contribution in [-0.2, 0) is 44.9 Å². The largest absolute Gasteiger partial charge is 0.204 e. The highest BCUT2D eigenvalue weighted by atomic mass is 19.2. The molecule has 14 heteroatoms. The van der Waals surface area contributed by atoms with E-state index in [4.69, 9.17) is 0 Å². The van der Waals surface area contributed by atoms with E-state index in [1.54, 1.807) is 42.5 Å². The molecule has 0 aromatic heterocycles. The molecule has 0 amide bonds. The lowest BCUT2D eigenvalue weighted by Gasteiger charge is -2.28. The highest BCUT2D eigenvalue weighted by Gasteiger charge is 2.28. The normalized spacial score (nSPS) is 22.9. The van der Waals surface area contributed by atoms with Crippen molar-refractivity contribution in [2.24, 2.45) is 82.9 Å². The summed E-state index contributed by atoms with van der Waals surface area (Å²) in [6, 6.07) is 30.1. The summed E-state index contributed by atoms with van der Waals surface area (Å²) in [4.78, 5) is 0. The van der Waals surface area contributed by atoms with Crippen molar-refractivity contribution in [3.8, 4) is 0 Å². The van der Waals surface area contributed by atoms with Gasteiger partial charge in [-0.2, -0.15) is 0 Å². The van der Waals surface area contributed by atoms with E-state index >= 15 is 0 Å². The molecule has 7 saturated carbocycles. The maximum Gasteiger partial charge on any atom is 0.159 e. The Hall–Kier alpha value is -6.44. The number of halogens is 14. The molecule has 0 bridgehead atoms. The van der Waals surface area contributed by atoms with Gasteiger partial charge in [-0.05, 0) is 297 Å². The lowest BCUT2D eigenvalue weighted by Crippen LogP contribution is -2.15. The van der Waals surface area contributed by atoms with Crippen molar-refractivity contribution in [3.63, 3.8) is 0 Å². The van der Waals surface area contributed by atoms with E-state index in [-0.39, 0.29) is 0 Å². The van der Waals surface area contributed by atoms with Gasteiger partial charge in [-0.3, -0.25) is 0 Å². The molecule has 7 fully saturated rings. The second-order valence-electron chi connectivity index (χ2n) is 44.3. The van der Waals surface area contributed by atoms with Crippen molar-refractivity contribution in [1.29, 1.82) is 0 Å². The molecule has 784 valence electrons. The molecule has 14 rings (SSSR count). The van der Waals surface area contributed by atoms with E-state index in [1.807, 2.05) is 0 Å². The zero-order valence-electron chi connectivity index (χ0n) is 87.5. The quantitative estimate of drug-likeness (QED) is 0.0264. The Balaban J connectivity index is 0.000000200. The van der Waals surface area contributed by atoms with Gasteiger partial charge in [-0.15, -0.1) is 0 Å². The van der Waals surface area contributed by atoms with Gasteiger partial charge in [0, 0.05) is 0 Å². The zero-order chi connectivity index (χ0) is 101. The third-order valence-electron chi connectivity index (χ3n) is 33.3. The Morgan fingerprint density at radius 1 is 0.157 bits per heavy atom. The first-order valence-electron chi connectivity index (χ1n) is 56.8. The fourth-order valence-corrected chi connectivity index (χ4v) is 23.5. The van der Waals surface area contributed by atoms with Gasteiger partial charge in [-0.25, -0.2) is 61.5 Å². The molecule has 0 aliphatic heterocycles. The fourth-order valence-electron chi connectivity index (χ4n) is 23.5. The molecule has 0 heterocycles. The first-order chi connectivity index (χ1) is 67.8. The van der Waals surface area contributed by atoms with Crippen molar-refractivity contribution >= 4 is 0 Å². The summed E-state index contributed by atoms with van der Waals surface area (Å²) in [5, 5.41) is 0. The monoisotopic (exact) mass is 1960 g/mol. The molecule has 7 aromatic carbocycles. The van der Waals surface area contributed by atoms with Gasteiger partial charge in [0.1, 0.15) is 0 Å². The van der Waals surface area contributed by atoms with E-state index in [2.05, 4.69) is 48.5 Å². The van der Waals surface area contributed by atoms with E-state index in [9.17, 15) is 61.5 Å². The highest BCUT2D eigenvalue weighted by Crippen LogP contribution is 2.42. The average molecular weight is 1960 g/mol. The number of unbranched alkanes of at least 4 members (excludes halogenated alkanes) is 10. The number of hydrogen-bond acceptors (Lipinski definition) is 0. The van der Waals surface area contributed by atoms with Gasteiger partial charge in [-0.1, -0.05) is 406 Å². The summed E-state index contributed by atoms with van der Waals surface area (Å²) in [6.07, 6.45) is 80.1. The number of benzene rings is 7. The van der Waals surface area contributed by atoms with E-state index in [0.29, 0.717) is 0 Å². The van der Waals surface area contributed by atoms with Crippen LogP contribution >= 0.6 is 0 Å². The van der Waals surface area contributed by atoms with Crippen LogP contribution in [0.3, 0.4) is 0 Å². The first-order valence-corrected chi connectivity index (χ1v) is 56.8. The second kappa shape index (κ2) is 68.8. The topological polar surface area (TPSA) is 0 Å². The molecule has 0 nitrogen and oxygen atoms in total. The average Bonchev–Trinajstić information content (AvgIpc) is 0.886. The summed E-state index contributed by atoms with van der Waals surface area (Å²) in [7, 11) is 0. The minimum absolute atomic E-state index is 0.714. The Morgan fingerprint density at radius 2 is 0.314 bits per heavy atom. The van der Waals surface area contributed by atoms with Gasteiger partial charge in [0.15, 0.2) is 81.4 Å². The van der Waals surface area contributed by atoms with Gasteiger partial charge in [0.05, 0.1) is 0 Å². The standard InChI is InChI=1S/C21H32F2.C20H30F2.C19H28F2.C18H26F2.C17H24F2.C16H22F2.C15H20F2/c1-2-3-4-5-6-7-17-8-10-18(11-9-17)12-13-19-14-15-20(22)21(23)16-19;1-2-3-4-5-6-16-7-9-17(10-8-16)11-12-18-13-14-19(21)20(22)15-18;1-2-3-4-5-15-6-8-16(9-7-15)10-11-17-12-13-18(20)19(21)14-17;1-2-3-4-14-5-7-15(8-6-14)9-10-16-11-12-17(19)18(20)13-16;1-2-3-13-4-6-14(7-5-13)8-9-15-10-11-16(18)17(19)12-15;1-2-12-3-5-13(6-4-12)7-8-14-9-10-15(17)16(18)11-14;1-11-2-4-12(5-3-11)6-7-13-8-9-14(16)15(17)10-13/h14-18H,2-13H2,1H3;13-17H,2-12H2,1H3;12-16H,2-11H2,1H3;11-15H,2-10H2,1H3;10-14H,2-9H2,1H3;9-13H,2-8H2,1H3;8-12H,2-7H2,1H3. The van der Waals surface area contributed by atoms with Crippen molar-refractivity contribution in [2.75, 3.05) is 0 Å². The van der Waals surface area contributed by atoms with Gasteiger partial charge in [0.2, 0.25) is 0 Å². The maximum atomic E-state index is 13.2. The smallest absolute Gasteiger partial charge is 0.159 e. The highest BCUT2D eigenvalue weighted by molar-refractivity contribution is 5.24. The summed E-state index contributed by atoms with van der Waals surface area (Å²) in [5.74, 6) is 1.69. The van der Waals surface area contributed by atoms with Crippen LogP contribution < -0.4 is 0 Å². The molecule has 0 spiro atoms. The second-order valence-corrected chi connectivity index (χ2v) is 44.3. The molecule has 140 heavy (non-hydrogen) atoms. The molecule has 7 aliphatic carbocycles. The van der Waals surface area contributed by atoms with E-state index in [1.165, 1.54) is 400 Å². The predicted octanol–water partition coefficient (Wildman–Crippen LogP) is 41.3. The molecule has 0 radical (unpaired) electrons. The third kappa shape index (κ3) is 47.8. The van der Waals surface area contributed by atoms with Crippen molar-refractivity contribution in [1.82, 2.24) is 0 Å². The van der Waals surface area contributed by atoms with Crippen molar-refractivity contribution in [3.05, 3.63) is 248 Å². The maximum absolute atomic E-state index is 13.2. The van der Waals surface area contributed by atoms with E-state index in [0.717, 1.165) is 212 Å². The number of aryl methyl sites for hydroxylation is 7. The van der Waals surface area contributed by atoms with Crippen LogP contribution in [0.1, 0.15) is 447 Å². The first kappa shape index (κ1) is 119. The lowest BCUT2D eigenvalue weighted by atomic mass is 9.77. The fraction of sp³-hybridized carbons (Fsp3) is 0.667. The lowest BCUT2D eigenvalue weighted by molar-refractivity contribution is 0.248. The van der Waals surface area contributed by atoms with Crippen LogP contribution in [-0.4, -0.2) is 0 Å². The predicted molar refractivity (Wildman–Crippen MR) is 558 cm³/mol. The molecule has 0 atom stereocenters. The zero-order valence-corrected chi connectivity index (χ0v) is 87.5. The van der Waals surface area contributed by atoms with Crippen LogP contribution in [0.2, 0.25) is 0 Å². The number of rotatable bonds is 42. The summed E-state index contributed by atoms with van der Waals surface area (Å²) in [6.45, 7) is 15.9. The molecule has 0 N–H and O–H groups in total. The minimum atomic E-state index is -0.750. The Kier molecular flexibility index (Phi) is 58.4. The third-order valence-corrected chi connectivity index (χ3v) is 33.3. The van der Waals surface area contributed by atoms with Crippen LogP contribution in [0, 0.1) is 164 Å². The van der Waals surface area contributed by atoms with Crippen LogP contribution in [0.25, 0.3) is 0 Å². The molecule has 7 aromatic rings. The minimum Gasteiger partial charge on any atom is -0.204 e. The Morgan fingerprint density at radius 3 is 0.507 bits per heavy atom. The van der Waals surface area contributed by atoms with Crippen molar-refractivity contribution in [2.45, 2.75) is 453 Å². The Labute approximate surface area is 840 Å². The van der Waals surface area contributed by atoms with E-state index < -0.39 is 81.4 Å². The summed E-state index contributed by atoms with van der Waals surface area (Å²) in [5.41, 5.74) is 6.49. The van der Waals surface area contributed by atoms with Crippen LogP contribution in [0.5, 0.6) is 0 Å². The molecule has 7 aliphatic rings. The molecule has 0 saturated heterocycles. The van der Waals surface area contributed by atoms with Gasteiger partial charge in [0.25, 0.3) is 0 Å². The molecule has 0 unspecified atom stereocenters. The summed E-state index contributed by atoms with van der Waals surface area (Å²) >= 11 is 0. The SMILES string of the molecule is CC1CCC(CCc2ccc(F)c(F)c2)CC1.CCC1CCC(CCc2ccc(F)c(F)c2)CC1.CCCC1CCC(CCc2ccc(F)c(F)c2)CC1.CCCCC1CCC(CCc2ccc(F)c(F)c2)CC1.CCCCCC1CCC(CCc2ccc(F)c(F)c2)CC1.CCCCCCC1CCC(CCc2ccc(F)c(F)c2)CC1.CCCCCCCC1CCC(CCc2ccc(F)c(F)c2)CC1. The Bertz CT molecular complexity index is 4400. The van der Waals surface area contributed by atoms with Gasteiger partial charge < -0.3 is 0 Å². The number of hydrogen-bond donors (Lipinski definition) is 0. The molecular formula is C126H182F14.